The Kier molecular flexibility index (Phi) is 5.78. The maximum atomic E-state index is 11.7. The van der Waals surface area contributed by atoms with Crippen molar-refractivity contribution in [3.05, 3.63) is 29.8 Å². The van der Waals surface area contributed by atoms with Crippen LogP contribution in [0.15, 0.2) is 29.2 Å². The van der Waals surface area contributed by atoms with Gasteiger partial charge in [0.1, 0.15) is 0 Å². The maximum Gasteiger partial charge on any atom is 0.296 e. The molecule has 1 aromatic carbocycles. The number of aliphatic hydroxyl groups excluding tert-OH is 1. The van der Waals surface area contributed by atoms with Crippen molar-refractivity contribution < 1.29 is 17.7 Å². The summed E-state index contributed by atoms with van der Waals surface area (Å²) >= 11 is 0. The lowest BCUT2D eigenvalue weighted by Crippen LogP contribution is -2.07. The van der Waals surface area contributed by atoms with Crippen LogP contribution in [0.5, 0.6) is 0 Å². The Labute approximate surface area is 109 Å². The van der Waals surface area contributed by atoms with Crippen LogP contribution >= 0.6 is 0 Å². The van der Waals surface area contributed by atoms with Crippen molar-refractivity contribution in [3.63, 3.8) is 0 Å². The van der Waals surface area contributed by atoms with Crippen molar-refractivity contribution in [2.45, 2.75) is 44.1 Å². The Morgan fingerprint density at radius 2 is 1.89 bits per heavy atom. The maximum absolute atomic E-state index is 11.7. The third-order valence-electron chi connectivity index (χ3n) is 2.51. The van der Waals surface area contributed by atoms with Gasteiger partial charge in [-0.05, 0) is 43.9 Å². The van der Waals surface area contributed by atoms with Gasteiger partial charge < -0.3 is 5.11 Å². The fraction of sp³-hybridized carbons (Fsp3) is 0.538. The van der Waals surface area contributed by atoms with Crippen molar-refractivity contribution >= 4 is 10.1 Å². The number of aliphatic hydroxyl groups is 1. The first-order valence-electron chi connectivity index (χ1n) is 6.12. The summed E-state index contributed by atoms with van der Waals surface area (Å²) in [5.41, 5.74) is 1.00. The quantitative estimate of drug-likeness (QED) is 0.772. The molecule has 0 amide bonds. The fourth-order valence-electron chi connectivity index (χ4n) is 1.46. The minimum absolute atomic E-state index is 0.178. The van der Waals surface area contributed by atoms with E-state index in [1.54, 1.807) is 31.2 Å². The molecule has 0 bridgehead atoms. The molecule has 0 heterocycles. The number of rotatable bonds is 7. The van der Waals surface area contributed by atoms with Gasteiger partial charge in [0, 0.05) is 0 Å². The summed E-state index contributed by atoms with van der Waals surface area (Å²) in [4.78, 5) is 0.178. The standard InChI is InChI=1S/C13H20O4S/c1-3-10-17-18(15,16)13-8-6-12(7-9-13)5-4-11(2)14/h6-9,11,14H,3-5,10H2,1-2H3. The monoisotopic (exact) mass is 272 g/mol. The van der Waals surface area contributed by atoms with Crippen LogP contribution in [0.2, 0.25) is 0 Å². The van der Waals surface area contributed by atoms with Crippen LogP contribution in [0.25, 0.3) is 0 Å². The third-order valence-corrected chi connectivity index (χ3v) is 3.83. The topological polar surface area (TPSA) is 63.6 Å². The summed E-state index contributed by atoms with van der Waals surface area (Å²) in [7, 11) is -3.62. The second-order valence-corrected chi connectivity index (χ2v) is 5.92. The molecule has 0 fully saturated rings. The molecule has 1 aromatic rings. The van der Waals surface area contributed by atoms with Crippen LogP contribution in [0.4, 0.5) is 0 Å². The van der Waals surface area contributed by atoms with E-state index in [9.17, 15) is 13.5 Å². The summed E-state index contributed by atoms with van der Waals surface area (Å²) < 4.78 is 28.2. The fourth-order valence-corrected chi connectivity index (χ4v) is 2.45. The van der Waals surface area contributed by atoms with Crippen molar-refractivity contribution in [2.24, 2.45) is 0 Å². The average molecular weight is 272 g/mol. The Morgan fingerprint density at radius 1 is 1.28 bits per heavy atom. The predicted octanol–water partition coefficient (Wildman–Crippen LogP) is 2.12. The van der Waals surface area contributed by atoms with Gasteiger partial charge in [0.2, 0.25) is 0 Å². The van der Waals surface area contributed by atoms with Crippen LogP contribution in [0.3, 0.4) is 0 Å². The first kappa shape index (κ1) is 15.1. The summed E-state index contributed by atoms with van der Waals surface area (Å²) in [5, 5.41) is 9.18. The summed E-state index contributed by atoms with van der Waals surface area (Å²) in [6.45, 7) is 3.79. The van der Waals surface area contributed by atoms with Gasteiger partial charge >= 0.3 is 0 Å². The highest BCUT2D eigenvalue weighted by Gasteiger charge is 2.14. The molecule has 18 heavy (non-hydrogen) atoms. The lowest BCUT2D eigenvalue weighted by Gasteiger charge is -2.07. The van der Waals surface area contributed by atoms with Crippen molar-refractivity contribution in [1.29, 1.82) is 0 Å². The SMILES string of the molecule is CCCOS(=O)(=O)c1ccc(CCC(C)O)cc1. The van der Waals surface area contributed by atoms with E-state index in [-0.39, 0.29) is 17.6 Å². The Bertz CT molecular complexity index is 448. The Morgan fingerprint density at radius 3 is 2.39 bits per heavy atom. The highest BCUT2D eigenvalue weighted by Crippen LogP contribution is 2.15. The van der Waals surface area contributed by atoms with E-state index in [0.29, 0.717) is 12.8 Å². The second-order valence-electron chi connectivity index (χ2n) is 4.31. The first-order valence-corrected chi connectivity index (χ1v) is 7.53. The van der Waals surface area contributed by atoms with E-state index in [2.05, 4.69) is 0 Å². The number of hydrogen-bond donors (Lipinski definition) is 1. The van der Waals surface area contributed by atoms with Crippen molar-refractivity contribution in [2.75, 3.05) is 6.61 Å². The molecule has 4 nitrogen and oxygen atoms in total. The summed E-state index contributed by atoms with van der Waals surface area (Å²) in [6.07, 6.45) is 1.71. The van der Waals surface area contributed by atoms with E-state index in [1.165, 1.54) is 0 Å². The predicted molar refractivity (Wildman–Crippen MR) is 69.9 cm³/mol. The largest absolute Gasteiger partial charge is 0.393 e. The zero-order valence-electron chi connectivity index (χ0n) is 10.8. The van der Waals surface area contributed by atoms with Gasteiger partial charge in [-0.25, -0.2) is 0 Å². The number of benzene rings is 1. The zero-order chi connectivity index (χ0) is 13.6. The average Bonchev–Trinajstić information content (AvgIpc) is 2.34. The molecule has 1 rings (SSSR count). The molecule has 102 valence electrons. The van der Waals surface area contributed by atoms with Gasteiger partial charge in [-0.15, -0.1) is 0 Å². The van der Waals surface area contributed by atoms with Crippen LogP contribution in [-0.4, -0.2) is 26.2 Å². The molecular weight excluding hydrogens is 252 g/mol. The molecule has 0 radical (unpaired) electrons. The highest BCUT2D eigenvalue weighted by molar-refractivity contribution is 7.86. The van der Waals surface area contributed by atoms with Gasteiger partial charge in [0.15, 0.2) is 0 Å². The van der Waals surface area contributed by atoms with E-state index in [1.807, 2.05) is 6.92 Å². The van der Waals surface area contributed by atoms with E-state index in [0.717, 1.165) is 12.0 Å². The van der Waals surface area contributed by atoms with Gasteiger partial charge in [0.05, 0.1) is 17.6 Å². The molecule has 0 aliphatic carbocycles. The van der Waals surface area contributed by atoms with Crippen LogP contribution in [0, 0.1) is 0 Å². The van der Waals surface area contributed by atoms with Gasteiger partial charge in [-0.1, -0.05) is 19.1 Å². The molecule has 0 aliphatic heterocycles. The zero-order valence-corrected chi connectivity index (χ0v) is 11.6. The molecule has 1 unspecified atom stereocenters. The smallest absolute Gasteiger partial charge is 0.296 e. The lowest BCUT2D eigenvalue weighted by atomic mass is 10.1. The molecule has 0 aliphatic rings. The minimum atomic E-state index is -3.62. The first-order chi connectivity index (χ1) is 8.45. The highest BCUT2D eigenvalue weighted by atomic mass is 32.2. The van der Waals surface area contributed by atoms with Crippen molar-refractivity contribution in [1.82, 2.24) is 0 Å². The van der Waals surface area contributed by atoms with Gasteiger partial charge in [0.25, 0.3) is 10.1 Å². The van der Waals surface area contributed by atoms with Crippen molar-refractivity contribution in [3.8, 4) is 0 Å². The third kappa shape index (κ3) is 4.76. The molecule has 0 saturated heterocycles. The summed E-state index contributed by atoms with van der Waals surface area (Å²) in [5.74, 6) is 0. The molecule has 1 N–H and O–H groups in total. The number of aryl methyl sites for hydroxylation is 1. The Balaban J connectivity index is 2.70. The molecule has 0 saturated carbocycles. The number of hydrogen-bond acceptors (Lipinski definition) is 4. The molecule has 5 heteroatoms. The minimum Gasteiger partial charge on any atom is -0.393 e. The summed E-state index contributed by atoms with van der Waals surface area (Å²) in [6, 6.07) is 6.60. The second kappa shape index (κ2) is 6.87. The lowest BCUT2D eigenvalue weighted by molar-refractivity contribution is 0.185. The van der Waals surface area contributed by atoms with Crippen LogP contribution in [0.1, 0.15) is 32.3 Å². The van der Waals surface area contributed by atoms with Gasteiger partial charge in [-0.2, -0.15) is 8.42 Å². The molecule has 0 aromatic heterocycles. The Hall–Kier alpha value is -0.910. The van der Waals surface area contributed by atoms with Crippen LogP contribution in [-0.2, 0) is 20.7 Å². The van der Waals surface area contributed by atoms with E-state index >= 15 is 0 Å². The van der Waals surface area contributed by atoms with E-state index in [4.69, 9.17) is 4.18 Å². The normalized spacial score (nSPS) is 13.5. The van der Waals surface area contributed by atoms with Gasteiger partial charge in [-0.3, -0.25) is 4.18 Å². The molecule has 0 spiro atoms. The molecular formula is C13H20O4S. The molecule has 1 atom stereocenters. The van der Waals surface area contributed by atoms with E-state index < -0.39 is 10.1 Å². The van der Waals surface area contributed by atoms with Crippen LogP contribution < -0.4 is 0 Å².